The number of aromatic nitrogens is 1. The summed E-state index contributed by atoms with van der Waals surface area (Å²) in [5.41, 5.74) is 2.50. The number of hydrogen-bond acceptors (Lipinski definition) is 2. The van der Waals surface area contributed by atoms with E-state index < -0.39 is 0 Å². The fourth-order valence-electron chi connectivity index (χ4n) is 3.15. The first-order chi connectivity index (χ1) is 10.8. The summed E-state index contributed by atoms with van der Waals surface area (Å²) in [4.78, 5) is 12.0. The highest BCUT2D eigenvalue weighted by Crippen LogP contribution is 2.21. The molecule has 0 spiro atoms. The molecule has 4 nitrogen and oxygen atoms in total. The van der Waals surface area contributed by atoms with E-state index in [2.05, 4.69) is 47.3 Å². The monoisotopic (exact) mass is 300 g/mol. The minimum Gasteiger partial charge on any atom is -0.376 e. The van der Waals surface area contributed by atoms with Crippen molar-refractivity contribution in [3.8, 4) is 0 Å². The molecule has 1 aromatic heterocycles. The molecule has 22 heavy (non-hydrogen) atoms. The molecule has 1 fully saturated rings. The van der Waals surface area contributed by atoms with Crippen molar-refractivity contribution < 1.29 is 9.53 Å². The Morgan fingerprint density at radius 1 is 1.41 bits per heavy atom. The van der Waals surface area contributed by atoms with Gasteiger partial charge in [-0.05, 0) is 43.9 Å². The second kappa shape index (κ2) is 6.97. The number of fused-ring (bicyclic) bond motifs is 1. The first kappa shape index (κ1) is 15.1. The molecule has 118 valence electrons. The number of carbonyl (C=O) groups is 1. The highest BCUT2D eigenvalue weighted by Gasteiger charge is 2.16. The minimum atomic E-state index is 0.113. The highest BCUT2D eigenvalue weighted by atomic mass is 16.5. The normalized spacial score (nSPS) is 18.0. The van der Waals surface area contributed by atoms with Crippen LogP contribution in [0.4, 0.5) is 0 Å². The van der Waals surface area contributed by atoms with Gasteiger partial charge in [-0.1, -0.05) is 12.1 Å². The number of ether oxygens (including phenoxy) is 1. The Bertz CT molecular complexity index is 642. The van der Waals surface area contributed by atoms with Gasteiger partial charge in [0.25, 0.3) is 0 Å². The zero-order valence-electron chi connectivity index (χ0n) is 13.2. The second-order valence-corrected chi connectivity index (χ2v) is 5.89. The summed E-state index contributed by atoms with van der Waals surface area (Å²) in [6.45, 7) is 4.59. The van der Waals surface area contributed by atoms with Crippen molar-refractivity contribution in [2.75, 3.05) is 13.2 Å². The lowest BCUT2D eigenvalue weighted by molar-refractivity contribution is -0.121. The number of rotatable bonds is 6. The molecule has 0 bridgehead atoms. The molecule has 1 amide bonds. The molecular weight excluding hydrogens is 276 g/mol. The molecule has 1 saturated heterocycles. The second-order valence-electron chi connectivity index (χ2n) is 5.89. The van der Waals surface area contributed by atoms with Crippen LogP contribution in [0.5, 0.6) is 0 Å². The van der Waals surface area contributed by atoms with Crippen LogP contribution in [0.25, 0.3) is 10.9 Å². The minimum absolute atomic E-state index is 0.113. The molecule has 1 aliphatic rings. The maximum atomic E-state index is 12.0. The van der Waals surface area contributed by atoms with Crippen molar-refractivity contribution in [3.05, 3.63) is 36.0 Å². The highest BCUT2D eigenvalue weighted by molar-refractivity contribution is 5.84. The Hall–Kier alpha value is -1.81. The summed E-state index contributed by atoms with van der Waals surface area (Å²) >= 11 is 0. The number of nitrogens with one attached hydrogen (secondary N) is 1. The van der Waals surface area contributed by atoms with Crippen molar-refractivity contribution in [1.29, 1.82) is 0 Å². The van der Waals surface area contributed by atoms with Gasteiger partial charge in [0.15, 0.2) is 0 Å². The fraction of sp³-hybridized carbons (Fsp3) is 0.500. The van der Waals surface area contributed by atoms with Crippen LogP contribution in [0.1, 0.15) is 31.7 Å². The summed E-state index contributed by atoms with van der Waals surface area (Å²) in [5.74, 6) is 0.113. The van der Waals surface area contributed by atoms with Gasteiger partial charge in [0.2, 0.25) is 5.91 Å². The van der Waals surface area contributed by atoms with Gasteiger partial charge in [-0.2, -0.15) is 0 Å². The van der Waals surface area contributed by atoms with Crippen LogP contribution < -0.4 is 5.32 Å². The summed E-state index contributed by atoms with van der Waals surface area (Å²) in [6, 6.07) is 8.49. The van der Waals surface area contributed by atoms with E-state index in [0.29, 0.717) is 13.0 Å². The molecule has 2 aromatic rings. The molecule has 0 unspecified atom stereocenters. The zero-order chi connectivity index (χ0) is 15.4. The molecule has 1 N–H and O–H groups in total. The van der Waals surface area contributed by atoms with Crippen molar-refractivity contribution in [3.63, 3.8) is 0 Å². The summed E-state index contributed by atoms with van der Waals surface area (Å²) in [5, 5.41) is 4.25. The van der Waals surface area contributed by atoms with E-state index in [4.69, 9.17) is 4.74 Å². The van der Waals surface area contributed by atoms with Gasteiger partial charge in [-0.3, -0.25) is 4.79 Å². The Morgan fingerprint density at radius 3 is 3.09 bits per heavy atom. The van der Waals surface area contributed by atoms with Crippen LogP contribution in [0.3, 0.4) is 0 Å². The molecule has 0 saturated carbocycles. The summed E-state index contributed by atoms with van der Waals surface area (Å²) in [7, 11) is 0. The average Bonchev–Trinajstić information content (AvgIpc) is 3.19. The first-order valence-electron chi connectivity index (χ1n) is 8.23. The van der Waals surface area contributed by atoms with Gasteiger partial charge in [0, 0.05) is 43.2 Å². The molecule has 1 atom stereocenters. The van der Waals surface area contributed by atoms with Gasteiger partial charge in [0.05, 0.1) is 6.10 Å². The van der Waals surface area contributed by atoms with Crippen LogP contribution in [-0.2, 0) is 22.5 Å². The maximum absolute atomic E-state index is 12.0. The van der Waals surface area contributed by atoms with E-state index in [0.717, 1.165) is 32.4 Å². The van der Waals surface area contributed by atoms with E-state index in [-0.39, 0.29) is 12.0 Å². The zero-order valence-corrected chi connectivity index (χ0v) is 13.2. The van der Waals surface area contributed by atoms with Crippen molar-refractivity contribution in [2.45, 2.75) is 45.3 Å². The maximum Gasteiger partial charge on any atom is 0.220 e. The van der Waals surface area contributed by atoms with Crippen molar-refractivity contribution >= 4 is 16.8 Å². The standard InChI is InChI=1S/C18H24N2O2/c1-2-20-11-10-16-14(5-3-7-17(16)20)8-9-18(21)19-13-15-6-4-12-22-15/h3,5,7,10-11,15H,2,4,6,8-9,12-13H2,1H3,(H,19,21)/t15-/m0/s1. The Kier molecular flexibility index (Phi) is 4.78. The fourth-order valence-corrected chi connectivity index (χ4v) is 3.15. The smallest absolute Gasteiger partial charge is 0.220 e. The third-order valence-corrected chi connectivity index (χ3v) is 4.42. The predicted molar refractivity (Wildman–Crippen MR) is 87.9 cm³/mol. The number of amides is 1. The number of carbonyl (C=O) groups excluding carboxylic acids is 1. The van der Waals surface area contributed by atoms with Crippen LogP contribution in [0.15, 0.2) is 30.5 Å². The van der Waals surface area contributed by atoms with Gasteiger partial charge >= 0.3 is 0 Å². The number of aryl methyl sites for hydroxylation is 2. The molecule has 1 aliphatic heterocycles. The summed E-state index contributed by atoms with van der Waals surface area (Å²) < 4.78 is 7.75. The van der Waals surface area contributed by atoms with E-state index in [1.54, 1.807) is 0 Å². The largest absolute Gasteiger partial charge is 0.376 e. The number of nitrogens with zero attached hydrogens (tertiary/aromatic N) is 1. The Labute approximate surface area is 131 Å². The van der Waals surface area contributed by atoms with Crippen molar-refractivity contribution in [1.82, 2.24) is 9.88 Å². The summed E-state index contributed by atoms with van der Waals surface area (Å²) in [6.07, 6.45) is 5.81. The lowest BCUT2D eigenvalue weighted by atomic mass is 10.0. The van der Waals surface area contributed by atoms with Gasteiger partial charge < -0.3 is 14.6 Å². The molecule has 0 radical (unpaired) electrons. The van der Waals surface area contributed by atoms with E-state index in [9.17, 15) is 4.79 Å². The van der Waals surface area contributed by atoms with Crippen LogP contribution in [0, 0.1) is 0 Å². The van der Waals surface area contributed by atoms with Gasteiger partial charge in [-0.15, -0.1) is 0 Å². The van der Waals surface area contributed by atoms with Gasteiger partial charge in [-0.25, -0.2) is 0 Å². The van der Waals surface area contributed by atoms with E-state index in [1.165, 1.54) is 16.5 Å². The molecule has 1 aromatic carbocycles. The molecular formula is C18H24N2O2. The quantitative estimate of drug-likeness (QED) is 0.891. The molecule has 4 heteroatoms. The third-order valence-electron chi connectivity index (χ3n) is 4.42. The SMILES string of the molecule is CCn1ccc2c(CCC(=O)NC[C@@H]3CCCO3)cccc21. The lowest BCUT2D eigenvalue weighted by Crippen LogP contribution is -2.31. The topological polar surface area (TPSA) is 43.3 Å². The number of benzene rings is 1. The van der Waals surface area contributed by atoms with E-state index in [1.807, 2.05) is 0 Å². The molecule has 2 heterocycles. The molecule has 0 aliphatic carbocycles. The Balaban J connectivity index is 1.56. The first-order valence-corrected chi connectivity index (χ1v) is 8.23. The average molecular weight is 300 g/mol. The third kappa shape index (κ3) is 3.33. The lowest BCUT2D eigenvalue weighted by Gasteiger charge is -2.11. The van der Waals surface area contributed by atoms with Crippen LogP contribution in [0.2, 0.25) is 0 Å². The molecule has 3 rings (SSSR count). The van der Waals surface area contributed by atoms with E-state index >= 15 is 0 Å². The number of hydrogen-bond donors (Lipinski definition) is 1. The Morgan fingerprint density at radius 2 is 2.32 bits per heavy atom. The van der Waals surface area contributed by atoms with Crippen LogP contribution in [-0.4, -0.2) is 29.7 Å². The van der Waals surface area contributed by atoms with Crippen molar-refractivity contribution in [2.24, 2.45) is 0 Å². The van der Waals surface area contributed by atoms with Gasteiger partial charge in [0.1, 0.15) is 0 Å². The predicted octanol–water partition coefficient (Wildman–Crippen LogP) is 2.89. The van der Waals surface area contributed by atoms with Crippen LogP contribution >= 0.6 is 0 Å².